The van der Waals surface area contributed by atoms with Gasteiger partial charge in [-0.05, 0) is 23.6 Å². The number of fused-ring (bicyclic) bond motifs is 4. The molecule has 6 aromatic rings. The predicted molar refractivity (Wildman–Crippen MR) is 127 cm³/mol. The van der Waals surface area contributed by atoms with Crippen LogP contribution < -0.4 is 5.32 Å². The van der Waals surface area contributed by atoms with E-state index in [1.165, 1.54) is 22.2 Å². The van der Waals surface area contributed by atoms with Crippen LogP contribution in [0.3, 0.4) is 0 Å². The molecule has 0 amide bonds. The summed E-state index contributed by atoms with van der Waals surface area (Å²) >= 11 is 1.42. The minimum atomic E-state index is -4.45. The summed E-state index contributed by atoms with van der Waals surface area (Å²) in [5.41, 5.74) is 2.16. The third-order valence-corrected chi connectivity index (χ3v) is 7.20. The summed E-state index contributed by atoms with van der Waals surface area (Å²) in [4.78, 5) is 9.91. The average molecular weight is 508 g/mol. The van der Waals surface area contributed by atoms with Gasteiger partial charge < -0.3 is 5.32 Å². The highest BCUT2D eigenvalue weighted by molar-refractivity contribution is 7.10. The Morgan fingerprint density at radius 3 is 2.67 bits per heavy atom. The van der Waals surface area contributed by atoms with Gasteiger partial charge in [0, 0.05) is 17.4 Å². The van der Waals surface area contributed by atoms with Crippen LogP contribution in [0.4, 0.5) is 19.0 Å². The van der Waals surface area contributed by atoms with E-state index in [4.69, 9.17) is 0 Å². The molecule has 1 aliphatic rings. The van der Waals surface area contributed by atoms with Crippen molar-refractivity contribution in [3.05, 3.63) is 71.3 Å². The maximum Gasteiger partial charge on any atom is 0.410 e. The topological polar surface area (TPSA) is 90.8 Å². The van der Waals surface area contributed by atoms with Crippen LogP contribution in [-0.4, -0.2) is 45.3 Å². The number of aromatic nitrogens is 8. The Balaban J connectivity index is 1.31. The van der Waals surface area contributed by atoms with Crippen molar-refractivity contribution in [3.63, 3.8) is 0 Å². The van der Waals surface area contributed by atoms with Crippen LogP contribution in [0.15, 0.2) is 66.4 Å². The van der Waals surface area contributed by atoms with Crippen LogP contribution in [-0.2, 0) is 0 Å². The van der Waals surface area contributed by atoms with Crippen molar-refractivity contribution in [1.29, 1.82) is 0 Å². The molecule has 0 bridgehead atoms. The van der Waals surface area contributed by atoms with Crippen molar-refractivity contribution < 1.29 is 13.2 Å². The Hall–Kier alpha value is -4.26. The van der Waals surface area contributed by atoms with Crippen LogP contribution in [0.25, 0.3) is 33.9 Å². The van der Waals surface area contributed by atoms with Gasteiger partial charge in [-0.3, -0.25) is 0 Å². The summed E-state index contributed by atoms with van der Waals surface area (Å²) in [7, 11) is 0. The largest absolute Gasteiger partial charge is 0.410 e. The number of anilines is 1. The van der Waals surface area contributed by atoms with E-state index >= 15 is 0 Å². The molecule has 1 aliphatic heterocycles. The lowest BCUT2D eigenvalue weighted by Crippen LogP contribution is -2.35. The number of hydrogen-bond acceptors (Lipinski definition) is 7. The predicted octanol–water partition coefficient (Wildman–Crippen LogP) is 5.05. The molecule has 0 saturated heterocycles. The van der Waals surface area contributed by atoms with E-state index in [2.05, 4.69) is 30.6 Å². The summed E-state index contributed by atoms with van der Waals surface area (Å²) in [5.74, 6) is 0.477. The normalized spacial score (nSPS) is 18.0. The van der Waals surface area contributed by atoms with Gasteiger partial charge in [-0.1, -0.05) is 24.3 Å². The van der Waals surface area contributed by atoms with E-state index in [9.17, 15) is 13.2 Å². The Morgan fingerprint density at radius 2 is 1.89 bits per heavy atom. The molecule has 1 aromatic carbocycles. The van der Waals surface area contributed by atoms with Crippen LogP contribution in [0, 0.1) is 0 Å². The van der Waals surface area contributed by atoms with Gasteiger partial charge in [0.15, 0.2) is 17.3 Å². The number of nitrogens with zero attached hydrogens (tertiary/aromatic N) is 8. The Labute approximate surface area is 204 Å². The molecule has 2 atom stereocenters. The molecule has 7 rings (SSSR count). The molecule has 0 fully saturated rings. The fourth-order valence-electron chi connectivity index (χ4n) is 4.55. The van der Waals surface area contributed by atoms with Crippen molar-refractivity contribution >= 4 is 33.8 Å². The van der Waals surface area contributed by atoms with Crippen LogP contribution in [0.1, 0.15) is 23.4 Å². The van der Waals surface area contributed by atoms with Gasteiger partial charge in [0.25, 0.3) is 0 Å². The molecule has 9 nitrogen and oxygen atoms in total. The number of rotatable bonds is 3. The first-order chi connectivity index (χ1) is 17.5. The number of thiophene rings is 1. The zero-order valence-electron chi connectivity index (χ0n) is 18.3. The fraction of sp³-hybridized carbons (Fsp3) is 0.174. The molecule has 5 aromatic heterocycles. The number of alkyl halides is 3. The molecule has 2 unspecified atom stereocenters. The molecule has 1 N–H and O–H groups in total. The number of halogens is 3. The number of nitrogens with one attached hydrogen (secondary N) is 1. The van der Waals surface area contributed by atoms with Gasteiger partial charge in [0.2, 0.25) is 5.82 Å². The van der Waals surface area contributed by atoms with Crippen LogP contribution >= 0.6 is 11.3 Å². The minimum Gasteiger partial charge on any atom is -0.363 e. The van der Waals surface area contributed by atoms with Crippen molar-refractivity contribution in [3.8, 4) is 17.2 Å². The van der Waals surface area contributed by atoms with Crippen molar-refractivity contribution in [1.82, 2.24) is 39.1 Å². The quantitative estimate of drug-likeness (QED) is 0.361. The third-order valence-electron chi connectivity index (χ3n) is 6.21. The molecule has 0 saturated carbocycles. The zero-order valence-corrected chi connectivity index (χ0v) is 19.1. The second-order valence-corrected chi connectivity index (χ2v) is 9.42. The van der Waals surface area contributed by atoms with Crippen molar-refractivity contribution in [2.24, 2.45) is 0 Å². The second kappa shape index (κ2) is 7.62. The third kappa shape index (κ3) is 3.26. The standard InChI is InChI=1S/C23H16F3N9S/c24-23(25,26)18-9-15(17-7-4-8-36-17)29-19-10-16(31-35(18)19)20-30-22-14-11-28-34(13-5-2-1-3-6-13)21(14)27-12-33(22)32-20/h1-8,10-12,15,18,29H,9H2. The van der Waals surface area contributed by atoms with E-state index in [1.54, 1.807) is 16.9 Å². The van der Waals surface area contributed by atoms with Crippen molar-refractivity contribution in [2.75, 3.05) is 5.32 Å². The Bertz CT molecular complexity index is 1700. The summed E-state index contributed by atoms with van der Waals surface area (Å²) in [5, 5.41) is 18.9. The van der Waals surface area contributed by atoms with Gasteiger partial charge in [-0.2, -0.15) is 23.4 Å². The molecule has 0 radical (unpaired) electrons. The van der Waals surface area contributed by atoms with Gasteiger partial charge in [0.05, 0.1) is 23.3 Å². The first-order valence-corrected chi connectivity index (χ1v) is 11.9. The van der Waals surface area contributed by atoms with Crippen LogP contribution in [0.5, 0.6) is 0 Å². The van der Waals surface area contributed by atoms with Gasteiger partial charge >= 0.3 is 6.18 Å². The van der Waals surface area contributed by atoms with E-state index in [-0.39, 0.29) is 23.8 Å². The highest BCUT2D eigenvalue weighted by atomic mass is 32.1. The summed E-state index contributed by atoms with van der Waals surface area (Å²) in [6.07, 6.45) is -1.45. The second-order valence-electron chi connectivity index (χ2n) is 8.44. The van der Waals surface area contributed by atoms with Gasteiger partial charge in [0.1, 0.15) is 17.8 Å². The number of para-hydroxylation sites is 1. The highest BCUT2D eigenvalue weighted by Crippen LogP contribution is 2.45. The van der Waals surface area contributed by atoms with Crippen LogP contribution in [0.2, 0.25) is 0 Å². The highest BCUT2D eigenvalue weighted by Gasteiger charge is 2.47. The fourth-order valence-corrected chi connectivity index (χ4v) is 5.34. The number of benzene rings is 1. The Kier molecular flexibility index (Phi) is 4.46. The average Bonchev–Trinajstić information content (AvgIpc) is 3.66. The molecule has 36 heavy (non-hydrogen) atoms. The lowest BCUT2D eigenvalue weighted by molar-refractivity contribution is -0.173. The maximum absolute atomic E-state index is 14.0. The molecule has 0 spiro atoms. The smallest absolute Gasteiger partial charge is 0.363 e. The monoisotopic (exact) mass is 507 g/mol. The summed E-state index contributed by atoms with van der Waals surface area (Å²) in [6, 6.07) is 12.6. The van der Waals surface area contributed by atoms with E-state index in [0.29, 0.717) is 16.7 Å². The van der Waals surface area contributed by atoms with Crippen molar-refractivity contribution in [2.45, 2.75) is 24.7 Å². The minimum absolute atomic E-state index is 0.153. The summed E-state index contributed by atoms with van der Waals surface area (Å²) in [6.45, 7) is 0. The van der Waals surface area contributed by atoms with E-state index < -0.39 is 18.3 Å². The first-order valence-electron chi connectivity index (χ1n) is 11.1. The van der Waals surface area contributed by atoms with E-state index in [0.717, 1.165) is 15.2 Å². The molecule has 6 heterocycles. The van der Waals surface area contributed by atoms with Gasteiger partial charge in [-0.15, -0.1) is 16.4 Å². The maximum atomic E-state index is 14.0. The molecule has 0 aliphatic carbocycles. The first kappa shape index (κ1) is 21.1. The Morgan fingerprint density at radius 1 is 1.03 bits per heavy atom. The molecular weight excluding hydrogens is 491 g/mol. The lowest BCUT2D eigenvalue weighted by Gasteiger charge is -2.32. The molecular formula is C23H16F3N9S. The SMILES string of the molecule is FC(F)(F)C1CC(c2cccs2)Nc2cc(-c3nc4c5cnn(-c6ccccc6)c5ncn4n3)nn21. The molecule has 180 valence electrons. The lowest BCUT2D eigenvalue weighted by atomic mass is 10.0. The zero-order chi connectivity index (χ0) is 24.4. The van der Waals surface area contributed by atoms with Gasteiger partial charge in [-0.25, -0.2) is 23.8 Å². The molecule has 13 heteroatoms. The summed E-state index contributed by atoms with van der Waals surface area (Å²) < 4.78 is 46.1. The van der Waals surface area contributed by atoms with E-state index in [1.807, 2.05) is 47.8 Å². The number of hydrogen-bond donors (Lipinski definition) is 1.